The Kier molecular flexibility index (Phi) is 3.28. The van der Waals surface area contributed by atoms with Crippen LogP contribution in [0.3, 0.4) is 0 Å². The van der Waals surface area contributed by atoms with Gasteiger partial charge in [0.05, 0.1) is 11.8 Å². The minimum Gasteiger partial charge on any atom is -0.481 e. The van der Waals surface area contributed by atoms with Gasteiger partial charge in [-0.3, -0.25) is 4.79 Å². The molecule has 0 saturated carbocycles. The van der Waals surface area contributed by atoms with Gasteiger partial charge in [0.15, 0.2) is 0 Å². The minimum absolute atomic E-state index is 0.0678. The normalized spacial score (nSPS) is 22.7. The number of aliphatic carboxylic acids is 1. The van der Waals surface area contributed by atoms with Gasteiger partial charge in [-0.05, 0) is 33.0 Å². The van der Waals surface area contributed by atoms with Gasteiger partial charge in [-0.1, -0.05) is 0 Å². The van der Waals surface area contributed by atoms with Gasteiger partial charge in [-0.15, -0.1) is 0 Å². The molecular formula is C9H14F3NO2. The van der Waals surface area contributed by atoms with Gasteiger partial charge in [0.1, 0.15) is 0 Å². The van der Waals surface area contributed by atoms with Crippen LogP contribution in [0.15, 0.2) is 0 Å². The lowest BCUT2D eigenvalue weighted by atomic mass is 9.75. The number of rotatable bonds is 2. The number of likely N-dealkylation sites (tertiary alicyclic amines) is 1. The number of piperidine rings is 1. The molecule has 0 aromatic carbocycles. The van der Waals surface area contributed by atoms with Crippen molar-refractivity contribution < 1.29 is 23.1 Å². The Bertz CT molecular complexity index is 244. The Hall–Kier alpha value is -0.780. The largest absolute Gasteiger partial charge is 0.481 e. The van der Waals surface area contributed by atoms with Crippen molar-refractivity contribution in [2.75, 3.05) is 20.1 Å². The summed E-state index contributed by atoms with van der Waals surface area (Å²) < 4.78 is 36.8. The number of hydrogen-bond acceptors (Lipinski definition) is 2. The monoisotopic (exact) mass is 225 g/mol. The van der Waals surface area contributed by atoms with Gasteiger partial charge in [-0.25, -0.2) is 0 Å². The van der Waals surface area contributed by atoms with Gasteiger partial charge in [0.2, 0.25) is 0 Å². The van der Waals surface area contributed by atoms with Crippen molar-refractivity contribution in [2.45, 2.75) is 25.4 Å². The van der Waals surface area contributed by atoms with Crippen LogP contribution < -0.4 is 0 Å². The molecular weight excluding hydrogens is 211 g/mol. The van der Waals surface area contributed by atoms with E-state index in [0.29, 0.717) is 13.1 Å². The molecule has 0 aromatic heterocycles. The summed E-state index contributed by atoms with van der Waals surface area (Å²) in [6.07, 6.45) is -5.49. The average Bonchev–Trinajstić information content (AvgIpc) is 2.06. The van der Waals surface area contributed by atoms with E-state index in [1.165, 1.54) is 0 Å². The molecule has 0 spiro atoms. The Morgan fingerprint density at radius 3 is 2.20 bits per heavy atom. The lowest BCUT2D eigenvalue weighted by Crippen LogP contribution is -2.45. The van der Waals surface area contributed by atoms with E-state index in [4.69, 9.17) is 5.11 Å². The zero-order valence-corrected chi connectivity index (χ0v) is 8.47. The highest BCUT2D eigenvalue weighted by molar-refractivity contribution is 5.74. The number of carbonyl (C=O) groups is 1. The summed E-state index contributed by atoms with van der Waals surface area (Å²) in [5.41, 5.74) is -1.61. The van der Waals surface area contributed by atoms with E-state index in [1.54, 1.807) is 7.05 Å². The van der Waals surface area contributed by atoms with Crippen LogP contribution in [-0.2, 0) is 4.79 Å². The Morgan fingerprint density at radius 1 is 1.40 bits per heavy atom. The van der Waals surface area contributed by atoms with Crippen LogP contribution in [0.2, 0.25) is 0 Å². The minimum atomic E-state index is -4.41. The third-order valence-electron chi connectivity index (χ3n) is 2.94. The molecule has 1 heterocycles. The standard InChI is InChI=1S/C9H14F3NO2/c1-13-4-2-8(3-5-13,7(14)15)6-9(10,11)12/h2-6H2,1H3,(H,14,15). The molecule has 0 atom stereocenters. The summed E-state index contributed by atoms with van der Waals surface area (Å²) in [5, 5.41) is 8.92. The van der Waals surface area contributed by atoms with Gasteiger partial charge >= 0.3 is 12.1 Å². The smallest absolute Gasteiger partial charge is 0.390 e. The van der Waals surface area contributed by atoms with E-state index in [-0.39, 0.29) is 12.8 Å². The molecule has 1 fully saturated rings. The summed E-state index contributed by atoms with van der Waals surface area (Å²) in [7, 11) is 1.78. The number of hydrogen-bond donors (Lipinski definition) is 1. The fourth-order valence-corrected chi connectivity index (χ4v) is 1.90. The highest BCUT2D eigenvalue weighted by Gasteiger charge is 2.48. The summed E-state index contributed by atoms with van der Waals surface area (Å²) in [6, 6.07) is 0. The third kappa shape index (κ3) is 3.09. The number of nitrogens with zero attached hydrogens (tertiary/aromatic N) is 1. The lowest BCUT2D eigenvalue weighted by molar-refractivity contribution is -0.184. The van der Waals surface area contributed by atoms with Crippen molar-refractivity contribution in [3.05, 3.63) is 0 Å². The molecule has 88 valence electrons. The maximum Gasteiger partial charge on any atom is 0.390 e. The summed E-state index contributed by atoms with van der Waals surface area (Å²) in [6.45, 7) is 0.810. The molecule has 6 heteroatoms. The fourth-order valence-electron chi connectivity index (χ4n) is 1.90. The van der Waals surface area contributed by atoms with Crippen molar-refractivity contribution >= 4 is 5.97 Å². The van der Waals surface area contributed by atoms with Gasteiger partial charge in [0.25, 0.3) is 0 Å². The molecule has 0 bridgehead atoms. The maximum atomic E-state index is 12.3. The number of halogens is 3. The van der Waals surface area contributed by atoms with Crippen LogP contribution in [0.25, 0.3) is 0 Å². The predicted molar refractivity (Wildman–Crippen MR) is 47.5 cm³/mol. The second-order valence-corrected chi connectivity index (χ2v) is 4.18. The summed E-state index contributed by atoms with van der Waals surface area (Å²) in [5.74, 6) is -1.33. The highest BCUT2D eigenvalue weighted by atomic mass is 19.4. The highest BCUT2D eigenvalue weighted by Crippen LogP contribution is 2.41. The van der Waals surface area contributed by atoms with E-state index in [9.17, 15) is 18.0 Å². The Labute approximate surface area is 85.9 Å². The Balaban J connectivity index is 2.76. The van der Waals surface area contributed by atoms with Crippen LogP contribution in [0, 0.1) is 5.41 Å². The molecule has 0 radical (unpaired) electrons. The van der Waals surface area contributed by atoms with Gasteiger partial charge in [-0.2, -0.15) is 13.2 Å². The molecule has 1 N–H and O–H groups in total. The van der Waals surface area contributed by atoms with Crippen molar-refractivity contribution in [3.8, 4) is 0 Å². The number of carboxylic acids is 1. The van der Waals surface area contributed by atoms with Crippen LogP contribution in [0.1, 0.15) is 19.3 Å². The molecule has 0 aliphatic carbocycles. The molecule has 1 aliphatic heterocycles. The van der Waals surface area contributed by atoms with E-state index in [1.807, 2.05) is 4.90 Å². The molecule has 15 heavy (non-hydrogen) atoms. The van der Waals surface area contributed by atoms with E-state index in [0.717, 1.165) is 0 Å². The van der Waals surface area contributed by atoms with Crippen LogP contribution in [0.5, 0.6) is 0 Å². The molecule has 1 rings (SSSR count). The average molecular weight is 225 g/mol. The first-order valence-electron chi connectivity index (χ1n) is 4.74. The topological polar surface area (TPSA) is 40.5 Å². The quantitative estimate of drug-likeness (QED) is 0.778. The van der Waals surface area contributed by atoms with E-state index >= 15 is 0 Å². The lowest BCUT2D eigenvalue weighted by Gasteiger charge is -2.37. The van der Waals surface area contributed by atoms with E-state index in [2.05, 4.69) is 0 Å². The molecule has 1 saturated heterocycles. The van der Waals surface area contributed by atoms with Crippen LogP contribution in [-0.4, -0.2) is 42.3 Å². The first-order chi connectivity index (χ1) is 6.75. The molecule has 0 aromatic rings. The summed E-state index contributed by atoms with van der Waals surface area (Å²) in [4.78, 5) is 12.8. The Morgan fingerprint density at radius 2 is 1.87 bits per heavy atom. The van der Waals surface area contributed by atoms with Crippen molar-refractivity contribution in [1.82, 2.24) is 4.90 Å². The van der Waals surface area contributed by atoms with Crippen LogP contribution >= 0.6 is 0 Å². The maximum absolute atomic E-state index is 12.3. The predicted octanol–water partition coefficient (Wildman–Crippen LogP) is 1.74. The zero-order chi connectivity index (χ0) is 11.7. The second kappa shape index (κ2) is 4.00. The van der Waals surface area contributed by atoms with Crippen molar-refractivity contribution in [3.63, 3.8) is 0 Å². The molecule has 3 nitrogen and oxygen atoms in total. The molecule has 0 unspecified atom stereocenters. The third-order valence-corrected chi connectivity index (χ3v) is 2.94. The van der Waals surface area contributed by atoms with Gasteiger partial charge in [0, 0.05) is 0 Å². The van der Waals surface area contributed by atoms with E-state index < -0.39 is 24.0 Å². The second-order valence-electron chi connectivity index (χ2n) is 4.18. The fraction of sp³-hybridized carbons (Fsp3) is 0.889. The first kappa shape index (κ1) is 12.3. The molecule has 0 amide bonds. The van der Waals surface area contributed by atoms with Crippen molar-refractivity contribution in [1.29, 1.82) is 0 Å². The number of alkyl halides is 3. The van der Waals surface area contributed by atoms with Crippen LogP contribution in [0.4, 0.5) is 13.2 Å². The molecule has 1 aliphatic rings. The van der Waals surface area contributed by atoms with Crippen molar-refractivity contribution in [2.24, 2.45) is 5.41 Å². The first-order valence-corrected chi connectivity index (χ1v) is 4.74. The number of carboxylic acid groups (broad SMARTS) is 1. The zero-order valence-electron chi connectivity index (χ0n) is 8.47. The SMILES string of the molecule is CN1CCC(CC(F)(F)F)(C(=O)O)CC1. The van der Waals surface area contributed by atoms with Gasteiger partial charge < -0.3 is 10.0 Å². The summed E-state index contributed by atoms with van der Waals surface area (Å²) >= 11 is 0.